The molecule has 2 N–H and O–H groups in total. The Morgan fingerprint density at radius 3 is 2.59 bits per heavy atom. The molecule has 17 heavy (non-hydrogen) atoms. The molecule has 2 unspecified atom stereocenters. The van der Waals surface area contributed by atoms with Crippen molar-refractivity contribution < 1.29 is 4.79 Å². The third-order valence-corrected chi connectivity index (χ3v) is 4.42. The molecule has 4 nitrogen and oxygen atoms in total. The number of piperazine rings is 1. The molecule has 98 valence electrons. The van der Waals surface area contributed by atoms with Crippen LogP contribution < -0.4 is 5.73 Å². The minimum atomic E-state index is 0.00403. The van der Waals surface area contributed by atoms with Crippen LogP contribution in [0.2, 0.25) is 0 Å². The second kappa shape index (κ2) is 5.36. The van der Waals surface area contributed by atoms with Crippen LogP contribution >= 0.6 is 0 Å². The van der Waals surface area contributed by atoms with Gasteiger partial charge in [-0.1, -0.05) is 12.8 Å². The first-order valence-corrected chi connectivity index (χ1v) is 6.87. The van der Waals surface area contributed by atoms with Gasteiger partial charge in [0, 0.05) is 18.6 Å². The van der Waals surface area contributed by atoms with E-state index in [2.05, 4.69) is 23.8 Å². The van der Waals surface area contributed by atoms with E-state index < -0.39 is 0 Å². The number of nitrogens with two attached hydrogens (primary N) is 1. The van der Waals surface area contributed by atoms with Gasteiger partial charge in [0.15, 0.2) is 0 Å². The summed E-state index contributed by atoms with van der Waals surface area (Å²) in [6.45, 7) is 3.69. The number of hydrogen-bond donors (Lipinski definition) is 1. The van der Waals surface area contributed by atoms with Crippen molar-refractivity contribution in [3.63, 3.8) is 0 Å². The van der Waals surface area contributed by atoms with Gasteiger partial charge in [0.05, 0.1) is 6.04 Å². The van der Waals surface area contributed by atoms with Gasteiger partial charge in [0.2, 0.25) is 5.91 Å². The van der Waals surface area contributed by atoms with Gasteiger partial charge in [-0.3, -0.25) is 9.69 Å². The molecule has 1 saturated carbocycles. The van der Waals surface area contributed by atoms with Crippen LogP contribution in [-0.4, -0.2) is 54.0 Å². The number of carbonyl (C=O) groups is 1. The van der Waals surface area contributed by atoms with Crippen molar-refractivity contribution in [3.05, 3.63) is 0 Å². The van der Waals surface area contributed by atoms with E-state index in [4.69, 9.17) is 5.73 Å². The van der Waals surface area contributed by atoms with Crippen LogP contribution in [0.15, 0.2) is 0 Å². The van der Waals surface area contributed by atoms with Crippen LogP contribution in [0.25, 0.3) is 0 Å². The van der Waals surface area contributed by atoms with E-state index >= 15 is 0 Å². The van der Waals surface area contributed by atoms with Crippen LogP contribution in [0.1, 0.15) is 39.0 Å². The van der Waals surface area contributed by atoms with Gasteiger partial charge in [0.25, 0.3) is 0 Å². The summed E-state index contributed by atoms with van der Waals surface area (Å²) in [6.07, 6.45) is 5.72. The second-order valence-corrected chi connectivity index (χ2v) is 5.54. The van der Waals surface area contributed by atoms with Crippen molar-refractivity contribution in [1.82, 2.24) is 9.80 Å². The fourth-order valence-electron chi connectivity index (χ4n) is 3.21. The van der Waals surface area contributed by atoms with Crippen molar-refractivity contribution in [2.75, 3.05) is 20.1 Å². The van der Waals surface area contributed by atoms with Crippen LogP contribution in [0.3, 0.4) is 0 Å². The summed E-state index contributed by atoms with van der Waals surface area (Å²) in [4.78, 5) is 16.8. The largest absolute Gasteiger partial charge is 0.337 e. The maximum Gasteiger partial charge on any atom is 0.240 e. The number of amides is 1. The average Bonchev–Trinajstić information content (AvgIpc) is 2.83. The molecule has 4 heteroatoms. The molecule has 0 aromatic rings. The Labute approximate surface area is 104 Å². The minimum absolute atomic E-state index is 0.00403. The number of hydrogen-bond acceptors (Lipinski definition) is 3. The van der Waals surface area contributed by atoms with Crippen LogP contribution in [0.4, 0.5) is 0 Å². The molecule has 0 spiro atoms. The predicted molar refractivity (Wildman–Crippen MR) is 68.7 cm³/mol. The van der Waals surface area contributed by atoms with E-state index in [0.29, 0.717) is 24.5 Å². The molecule has 1 heterocycles. The monoisotopic (exact) mass is 239 g/mol. The highest BCUT2D eigenvalue weighted by Gasteiger charge is 2.39. The molecule has 2 fully saturated rings. The first kappa shape index (κ1) is 12.8. The SMILES string of the molecule is CC1CN(C2CCCC2)C(=O)C(CCN)N1C. The maximum atomic E-state index is 12.5. The third-order valence-electron chi connectivity index (χ3n) is 4.42. The topological polar surface area (TPSA) is 49.6 Å². The lowest BCUT2D eigenvalue weighted by molar-refractivity contribution is -0.146. The second-order valence-electron chi connectivity index (χ2n) is 5.54. The number of nitrogens with zero attached hydrogens (tertiary/aromatic N) is 2. The van der Waals surface area contributed by atoms with Gasteiger partial charge >= 0.3 is 0 Å². The molecule has 1 amide bonds. The Balaban J connectivity index is 2.09. The molecule has 0 aromatic carbocycles. The smallest absolute Gasteiger partial charge is 0.240 e. The molecule has 1 aliphatic carbocycles. The summed E-state index contributed by atoms with van der Waals surface area (Å²) in [5.41, 5.74) is 5.63. The van der Waals surface area contributed by atoms with Crippen molar-refractivity contribution in [2.45, 2.75) is 57.2 Å². The molecule has 1 aliphatic heterocycles. The number of likely N-dealkylation sites (N-methyl/N-ethyl adjacent to an activating group) is 1. The lowest BCUT2D eigenvalue weighted by Crippen LogP contribution is -2.61. The summed E-state index contributed by atoms with van der Waals surface area (Å²) >= 11 is 0. The Morgan fingerprint density at radius 1 is 1.35 bits per heavy atom. The summed E-state index contributed by atoms with van der Waals surface area (Å²) in [7, 11) is 2.05. The van der Waals surface area contributed by atoms with E-state index in [1.54, 1.807) is 0 Å². The maximum absolute atomic E-state index is 12.5. The Bertz CT molecular complexity index is 276. The zero-order chi connectivity index (χ0) is 12.4. The van der Waals surface area contributed by atoms with Gasteiger partial charge in [-0.15, -0.1) is 0 Å². The number of carbonyl (C=O) groups excluding carboxylic acids is 1. The molecule has 0 aromatic heterocycles. The van der Waals surface area contributed by atoms with Crippen LogP contribution in [-0.2, 0) is 4.79 Å². The first-order chi connectivity index (χ1) is 8.15. The summed E-state index contributed by atoms with van der Waals surface area (Å²) in [6, 6.07) is 0.952. The Kier molecular flexibility index (Phi) is 4.05. The fraction of sp³-hybridized carbons (Fsp3) is 0.923. The first-order valence-electron chi connectivity index (χ1n) is 6.87. The molecule has 2 aliphatic rings. The third kappa shape index (κ3) is 2.47. The van der Waals surface area contributed by atoms with E-state index in [9.17, 15) is 4.79 Å². The van der Waals surface area contributed by atoms with Crippen molar-refractivity contribution in [1.29, 1.82) is 0 Å². The van der Waals surface area contributed by atoms with Gasteiger partial charge in [-0.2, -0.15) is 0 Å². The number of rotatable bonds is 3. The Morgan fingerprint density at radius 2 is 2.00 bits per heavy atom. The highest BCUT2D eigenvalue weighted by atomic mass is 16.2. The lowest BCUT2D eigenvalue weighted by atomic mass is 10.0. The zero-order valence-corrected chi connectivity index (χ0v) is 11.1. The van der Waals surface area contributed by atoms with Gasteiger partial charge < -0.3 is 10.6 Å². The van der Waals surface area contributed by atoms with Crippen molar-refractivity contribution in [3.8, 4) is 0 Å². The van der Waals surface area contributed by atoms with Gasteiger partial charge in [-0.05, 0) is 39.8 Å². The summed E-state index contributed by atoms with van der Waals surface area (Å²) in [5, 5.41) is 0. The molecule has 0 bridgehead atoms. The Hall–Kier alpha value is -0.610. The van der Waals surface area contributed by atoms with Gasteiger partial charge in [0.1, 0.15) is 0 Å². The normalized spacial score (nSPS) is 32.4. The molecular weight excluding hydrogens is 214 g/mol. The molecule has 1 saturated heterocycles. The zero-order valence-electron chi connectivity index (χ0n) is 11.1. The summed E-state index contributed by atoms with van der Waals surface area (Å²) < 4.78 is 0. The van der Waals surface area contributed by atoms with Crippen LogP contribution in [0, 0.1) is 0 Å². The fourth-order valence-corrected chi connectivity index (χ4v) is 3.21. The highest BCUT2D eigenvalue weighted by Crippen LogP contribution is 2.28. The van der Waals surface area contributed by atoms with Crippen molar-refractivity contribution in [2.24, 2.45) is 5.73 Å². The lowest BCUT2D eigenvalue weighted by Gasteiger charge is -2.45. The quantitative estimate of drug-likeness (QED) is 0.793. The summed E-state index contributed by atoms with van der Waals surface area (Å²) in [5.74, 6) is 0.308. The van der Waals surface area contributed by atoms with Crippen molar-refractivity contribution >= 4 is 5.91 Å². The van der Waals surface area contributed by atoms with E-state index in [-0.39, 0.29) is 6.04 Å². The van der Waals surface area contributed by atoms with Crippen LogP contribution in [0.5, 0.6) is 0 Å². The molecular formula is C13H25N3O. The molecule has 2 rings (SSSR count). The van der Waals surface area contributed by atoms with Gasteiger partial charge in [-0.25, -0.2) is 0 Å². The van der Waals surface area contributed by atoms with E-state index in [1.165, 1.54) is 25.7 Å². The highest BCUT2D eigenvalue weighted by molar-refractivity contribution is 5.83. The minimum Gasteiger partial charge on any atom is -0.337 e. The molecule has 0 radical (unpaired) electrons. The average molecular weight is 239 g/mol. The molecule has 2 atom stereocenters. The predicted octanol–water partition coefficient (Wildman–Crippen LogP) is 0.809. The van der Waals surface area contributed by atoms with E-state index in [0.717, 1.165) is 13.0 Å². The van der Waals surface area contributed by atoms with E-state index in [1.807, 2.05) is 0 Å². The standard InChI is InChI=1S/C13H25N3O/c1-10-9-16(11-5-3-4-6-11)13(17)12(7-8-14)15(10)2/h10-12H,3-9,14H2,1-2H3.